The molecule has 3 heterocycles. The largest absolute Gasteiger partial charge is 0.481 e. The molecule has 0 spiro atoms. The number of anilines is 2. The number of nitrogens with zero attached hydrogens (tertiary/aromatic N) is 5. The number of aryl methyl sites for hydroxylation is 1. The highest BCUT2D eigenvalue weighted by Gasteiger charge is 2.22. The predicted octanol–water partition coefficient (Wildman–Crippen LogP) is 4.87. The van der Waals surface area contributed by atoms with Crippen molar-refractivity contribution in [3.8, 4) is 28.3 Å². The van der Waals surface area contributed by atoms with E-state index in [1.54, 1.807) is 12.1 Å². The normalized spacial score (nSPS) is 11.4. The van der Waals surface area contributed by atoms with Crippen molar-refractivity contribution in [2.45, 2.75) is 19.9 Å². The van der Waals surface area contributed by atoms with Crippen LogP contribution in [-0.2, 0) is 20.6 Å². The fraction of sp³-hybridized carbons (Fsp3) is 0.207. The quantitative estimate of drug-likeness (QED) is 0.273. The van der Waals surface area contributed by atoms with Gasteiger partial charge in [-0.15, -0.1) is 0 Å². The van der Waals surface area contributed by atoms with E-state index in [4.69, 9.17) is 22.1 Å². The van der Waals surface area contributed by atoms with Gasteiger partial charge in [-0.2, -0.15) is 0 Å². The number of hydrogen-bond acceptors (Lipinski definition) is 8. The molecule has 0 fully saturated rings. The third-order valence-electron chi connectivity index (χ3n) is 7.02. The van der Waals surface area contributed by atoms with Crippen molar-refractivity contribution in [3.63, 3.8) is 0 Å². The lowest BCUT2D eigenvalue weighted by molar-refractivity contribution is 0.141. The lowest BCUT2D eigenvalue weighted by Gasteiger charge is -2.17. The Morgan fingerprint density at radius 3 is 2.36 bits per heavy atom. The lowest BCUT2D eigenvalue weighted by Crippen LogP contribution is -2.38. The maximum absolute atomic E-state index is 13.7. The van der Waals surface area contributed by atoms with Crippen molar-refractivity contribution < 1.29 is 13.5 Å². The molecule has 13 heteroatoms. The lowest BCUT2D eigenvalue weighted by atomic mass is 9.96. The number of nitrogens with one attached hydrogen (secondary N) is 1. The van der Waals surface area contributed by atoms with Crippen molar-refractivity contribution in [2.75, 3.05) is 12.4 Å². The number of nitrogens with two attached hydrogens (primary N) is 1. The Kier molecular flexibility index (Phi) is 7.76. The molecule has 5 rings (SSSR count). The number of benzene rings is 2. The monoisotopic (exact) mass is 593 g/mol. The first kappa shape index (κ1) is 28.8. The van der Waals surface area contributed by atoms with Crippen LogP contribution in [0.5, 0.6) is 5.88 Å². The van der Waals surface area contributed by atoms with Crippen LogP contribution < -0.4 is 27.0 Å². The summed E-state index contributed by atoms with van der Waals surface area (Å²) in [6.07, 6.45) is -3.03. The molecule has 0 amide bonds. The second-order valence-corrected chi connectivity index (χ2v) is 9.85. The molecule has 5 aromatic rings. The maximum atomic E-state index is 13.7. The summed E-state index contributed by atoms with van der Waals surface area (Å²) in [6, 6.07) is 14.5. The van der Waals surface area contributed by atoms with Crippen LogP contribution in [0, 0.1) is 6.92 Å². The summed E-state index contributed by atoms with van der Waals surface area (Å²) in [5.41, 5.74) is 8.80. The molecule has 0 aliphatic heterocycles. The number of ether oxygens (including phenoxy) is 1. The summed E-state index contributed by atoms with van der Waals surface area (Å²) in [5.74, 6) is -0.563. The van der Waals surface area contributed by atoms with Crippen LogP contribution in [0.1, 0.15) is 23.4 Å². The van der Waals surface area contributed by atoms with E-state index >= 15 is 0 Å². The Bertz CT molecular complexity index is 1970. The van der Waals surface area contributed by atoms with Crippen molar-refractivity contribution in [2.24, 2.45) is 19.8 Å². The molecule has 0 aliphatic rings. The van der Waals surface area contributed by atoms with E-state index in [1.165, 1.54) is 21.2 Å². The van der Waals surface area contributed by atoms with Gasteiger partial charge in [0.2, 0.25) is 5.88 Å². The Morgan fingerprint density at radius 2 is 1.67 bits per heavy atom. The summed E-state index contributed by atoms with van der Waals surface area (Å²) < 4.78 is 34.8. The molecule has 10 nitrogen and oxygen atoms in total. The molecule has 216 valence electrons. The van der Waals surface area contributed by atoms with E-state index in [0.717, 1.165) is 20.3 Å². The van der Waals surface area contributed by atoms with Crippen molar-refractivity contribution in [1.29, 1.82) is 0 Å². The van der Waals surface area contributed by atoms with E-state index in [2.05, 4.69) is 20.3 Å². The number of halogens is 3. The molecule has 0 bridgehead atoms. The van der Waals surface area contributed by atoms with Crippen LogP contribution in [0.15, 0.2) is 58.1 Å². The van der Waals surface area contributed by atoms with Crippen molar-refractivity contribution >= 4 is 34.1 Å². The zero-order valence-corrected chi connectivity index (χ0v) is 23.8. The molecule has 3 aromatic heterocycles. The summed E-state index contributed by atoms with van der Waals surface area (Å²) in [4.78, 5) is 37.9. The minimum Gasteiger partial charge on any atom is -0.481 e. The summed E-state index contributed by atoms with van der Waals surface area (Å²) in [6.45, 7) is 2.09. The highest BCUT2D eigenvalue weighted by molar-refractivity contribution is 6.36. The maximum Gasteiger partial charge on any atom is 0.332 e. The molecule has 42 heavy (non-hydrogen) atoms. The SMILES string of the molecule is COc1nc(-c2cccc(-c3cccc(Nc4nc(C(F)F)nc5c4c(=O)n(C)c(=O)n5C)c3C)c2Cl)ccc1CN. The number of rotatable bonds is 7. The Morgan fingerprint density at radius 1 is 0.976 bits per heavy atom. The van der Waals surface area contributed by atoms with Gasteiger partial charge in [0, 0.05) is 43.0 Å². The van der Waals surface area contributed by atoms with Gasteiger partial charge in [-0.3, -0.25) is 13.9 Å². The average molecular weight is 594 g/mol. The summed E-state index contributed by atoms with van der Waals surface area (Å²) in [5, 5.41) is 3.36. The van der Waals surface area contributed by atoms with Crippen LogP contribution in [0.3, 0.4) is 0 Å². The first-order valence-electron chi connectivity index (χ1n) is 12.7. The molecule has 3 N–H and O–H groups in total. The van der Waals surface area contributed by atoms with Gasteiger partial charge in [-0.1, -0.05) is 48.0 Å². The van der Waals surface area contributed by atoms with Crippen LogP contribution in [0.4, 0.5) is 20.3 Å². The number of methoxy groups -OCH3 is 1. The second-order valence-electron chi connectivity index (χ2n) is 9.47. The van der Waals surface area contributed by atoms with Gasteiger partial charge >= 0.3 is 5.69 Å². The Balaban J connectivity index is 1.65. The molecule has 0 unspecified atom stereocenters. The first-order chi connectivity index (χ1) is 20.1. The summed E-state index contributed by atoms with van der Waals surface area (Å²) in [7, 11) is 4.17. The number of fused-ring (bicyclic) bond motifs is 1. The van der Waals surface area contributed by atoms with Crippen LogP contribution in [0.2, 0.25) is 5.02 Å². The van der Waals surface area contributed by atoms with E-state index in [0.29, 0.717) is 39.0 Å². The molecular formula is C29H26ClF2N7O3. The third kappa shape index (κ3) is 4.88. The number of aromatic nitrogens is 5. The van der Waals surface area contributed by atoms with Crippen molar-refractivity contribution in [3.05, 3.63) is 91.3 Å². The molecular weight excluding hydrogens is 568 g/mol. The Labute approximate surface area is 243 Å². The summed E-state index contributed by atoms with van der Waals surface area (Å²) >= 11 is 6.93. The number of pyridine rings is 1. The topological polar surface area (TPSA) is 130 Å². The minimum atomic E-state index is -3.03. The highest BCUT2D eigenvalue weighted by Crippen LogP contribution is 2.40. The number of hydrogen-bond donors (Lipinski definition) is 2. The zero-order valence-electron chi connectivity index (χ0n) is 23.1. The van der Waals surface area contributed by atoms with Crippen molar-refractivity contribution in [1.82, 2.24) is 24.1 Å². The molecule has 0 radical (unpaired) electrons. The van der Waals surface area contributed by atoms with Gasteiger partial charge in [0.15, 0.2) is 11.5 Å². The van der Waals surface area contributed by atoms with Gasteiger partial charge in [0.05, 0.1) is 17.8 Å². The van der Waals surface area contributed by atoms with Gasteiger partial charge in [0.25, 0.3) is 12.0 Å². The van der Waals surface area contributed by atoms with Crippen LogP contribution in [-0.4, -0.2) is 31.2 Å². The molecule has 0 aliphatic carbocycles. The molecule has 0 saturated carbocycles. The third-order valence-corrected chi connectivity index (χ3v) is 7.42. The van der Waals surface area contributed by atoms with Gasteiger partial charge < -0.3 is 15.8 Å². The second kappa shape index (κ2) is 11.3. The van der Waals surface area contributed by atoms with E-state index < -0.39 is 23.5 Å². The van der Waals surface area contributed by atoms with Crippen LogP contribution in [0.25, 0.3) is 33.4 Å². The van der Waals surface area contributed by atoms with Crippen LogP contribution >= 0.6 is 11.6 Å². The smallest absolute Gasteiger partial charge is 0.332 e. The predicted molar refractivity (Wildman–Crippen MR) is 158 cm³/mol. The fourth-order valence-electron chi connectivity index (χ4n) is 4.74. The molecule has 0 atom stereocenters. The standard InChI is InChI=1S/C29H26ClF2N7O3/c1-14-16(17-8-5-9-18(22(17)30)20-12-11-15(13-33)27(35-20)42-4)7-6-10-19(14)34-24-21-26(37-25(36-24)23(31)32)38(2)29(41)39(3)28(21)40/h5-12,23H,13,33H2,1-4H3,(H,34,36,37). The van der Waals surface area contributed by atoms with E-state index in [-0.39, 0.29) is 23.4 Å². The molecule has 2 aromatic carbocycles. The first-order valence-corrected chi connectivity index (χ1v) is 13.1. The fourth-order valence-corrected chi connectivity index (χ4v) is 5.07. The molecule has 0 saturated heterocycles. The highest BCUT2D eigenvalue weighted by atomic mass is 35.5. The van der Waals surface area contributed by atoms with Gasteiger partial charge in [-0.05, 0) is 30.2 Å². The van der Waals surface area contributed by atoms with Gasteiger partial charge in [-0.25, -0.2) is 28.5 Å². The van der Waals surface area contributed by atoms with E-state index in [1.807, 2.05) is 43.3 Å². The average Bonchev–Trinajstić information content (AvgIpc) is 2.99. The van der Waals surface area contributed by atoms with Gasteiger partial charge in [0.1, 0.15) is 11.2 Å². The minimum absolute atomic E-state index is 0.102. The van der Waals surface area contributed by atoms with E-state index in [9.17, 15) is 18.4 Å². The number of alkyl halides is 2. The Hall–Kier alpha value is -4.68. The zero-order chi connectivity index (χ0) is 30.3.